The van der Waals surface area contributed by atoms with Crippen LogP contribution < -0.4 is 14.9 Å². The molecule has 0 nitrogen and oxygen atoms in total. The van der Waals surface area contributed by atoms with Crippen LogP contribution in [0.1, 0.15) is 11.8 Å². The lowest BCUT2D eigenvalue weighted by molar-refractivity contribution is 1.61. The number of thiophene rings is 2. The van der Waals surface area contributed by atoms with Crippen molar-refractivity contribution in [1.82, 2.24) is 0 Å². The summed E-state index contributed by atoms with van der Waals surface area (Å²) in [5, 5.41) is 4.67. The first-order valence-electron chi connectivity index (χ1n) is 7.07. The van der Waals surface area contributed by atoms with Crippen molar-refractivity contribution >= 4 is 53.7 Å². The molecule has 1 aliphatic heterocycles. The van der Waals surface area contributed by atoms with Crippen LogP contribution in [0.25, 0.3) is 9.75 Å². The van der Waals surface area contributed by atoms with Gasteiger partial charge in [0.15, 0.2) is 0 Å². The van der Waals surface area contributed by atoms with E-state index in [-0.39, 0.29) is 0 Å². The van der Waals surface area contributed by atoms with E-state index >= 15 is 0 Å². The van der Waals surface area contributed by atoms with Crippen molar-refractivity contribution in [3.8, 4) is 9.75 Å². The van der Waals surface area contributed by atoms with Gasteiger partial charge in [0, 0.05) is 14.6 Å². The molecule has 0 amide bonds. The normalized spacial score (nSPS) is 20.9. The number of rotatable bonds is 2. The molecule has 2 aromatic rings. The summed E-state index contributed by atoms with van der Waals surface area (Å²) >= 11 is 4.05. The molecular formula is C16H22S2Si2. The lowest BCUT2D eigenvalue weighted by atomic mass is 10.4. The van der Waals surface area contributed by atoms with E-state index in [1.165, 1.54) is 10.1 Å². The van der Waals surface area contributed by atoms with Crippen molar-refractivity contribution in [1.29, 1.82) is 0 Å². The molecule has 0 saturated heterocycles. The lowest BCUT2D eigenvalue weighted by Crippen LogP contribution is -2.53. The Morgan fingerprint density at radius 1 is 1.10 bits per heavy atom. The highest BCUT2D eigenvalue weighted by Crippen LogP contribution is 2.39. The predicted molar refractivity (Wildman–Crippen MR) is 101 cm³/mol. The summed E-state index contributed by atoms with van der Waals surface area (Å²) in [7, 11) is -2.92. The van der Waals surface area contributed by atoms with Gasteiger partial charge in [0.25, 0.3) is 0 Å². The summed E-state index contributed by atoms with van der Waals surface area (Å²) < 4.78 is 1.65. The molecule has 1 atom stereocenters. The van der Waals surface area contributed by atoms with Crippen molar-refractivity contribution in [3.63, 3.8) is 0 Å². The minimum absolute atomic E-state index is 1.22. The fourth-order valence-corrected chi connectivity index (χ4v) is 12.3. The monoisotopic (exact) mass is 334 g/mol. The van der Waals surface area contributed by atoms with Gasteiger partial charge in [-0.3, -0.25) is 0 Å². The molecule has 0 fully saturated rings. The first kappa shape index (κ1) is 14.5. The van der Waals surface area contributed by atoms with E-state index in [4.69, 9.17) is 0 Å². The van der Waals surface area contributed by atoms with Gasteiger partial charge < -0.3 is 0 Å². The second kappa shape index (κ2) is 4.29. The summed E-state index contributed by atoms with van der Waals surface area (Å²) in [5.74, 6) is 0. The maximum absolute atomic E-state index is 4.37. The first-order chi connectivity index (χ1) is 9.15. The van der Waals surface area contributed by atoms with Crippen molar-refractivity contribution in [2.75, 3.05) is 0 Å². The molecule has 0 aromatic carbocycles. The van der Waals surface area contributed by atoms with Crippen molar-refractivity contribution < 1.29 is 0 Å². The molecule has 3 rings (SSSR count). The third-order valence-electron chi connectivity index (χ3n) is 4.46. The van der Waals surface area contributed by atoms with Gasteiger partial charge >= 0.3 is 0 Å². The fourth-order valence-electron chi connectivity index (χ4n) is 2.96. The van der Waals surface area contributed by atoms with Crippen LogP contribution >= 0.6 is 22.7 Å². The molecule has 4 heteroatoms. The van der Waals surface area contributed by atoms with Crippen LogP contribution in [0.15, 0.2) is 23.9 Å². The van der Waals surface area contributed by atoms with Gasteiger partial charge in [-0.15, -0.1) is 29.3 Å². The Balaban J connectivity index is 2.32. The average Bonchev–Trinajstić information content (AvgIpc) is 2.93. The van der Waals surface area contributed by atoms with Crippen LogP contribution in [-0.2, 0) is 0 Å². The van der Waals surface area contributed by atoms with E-state index in [9.17, 15) is 0 Å². The molecule has 0 aliphatic carbocycles. The number of hydrogen-bond donors (Lipinski definition) is 0. The minimum Gasteiger partial charge on any atom is -0.144 e. The molecule has 0 bridgehead atoms. The zero-order valence-electron chi connectivity index (χ0n) is 13.2. The highest BCUT2D eigenvalue weighted by molar-refractivity contribution is 7.35. The number of fused-ring (bicyclic) bond motifs is 3. The van der Waals surface area contributed by atoms with Gasteiger partial charge in [-0.25, -0.2) is 0 Å². The highest BCUT2D eigenvalue weighted by atomic mass is 32.1. The van der Waals surface area contributed by atoms with Gasteiger partial charge in [0.2, 0.25) is 0 Å². The Labute approximate surface area is 132 Å². The van der Waals surface area contributed by atoms with Gasteiger partial charge in [-0.2, -0.15) is 0 Å². The molecule has 1 unspecified atom stereocenters. The molecular weight excluding hydrogens is 312 g/mol. The van der Waals surface area contributed by atoms with Crippen molar-refractivity contribution in [3.05, 3.63) is 28.8 Å². The molecule has 0 radical (unpaired) electrons. The Bertz CT molecular complexity index is 715. The zero-order valence-corrected chi connectivity index (χ0v) is 16.8. The van der Waals surface area contributed by atoms with E-state index in [0.717, 1.165) is 0 Å². The Kier molecular flexibility index (Phi) is 3.11. The van der Waals surface area contributed by atoms with Crippen molar-refractivity contribution in [2.45, 2.75) is 40.0 Å². The third kappa shape index (κ3) is 1.81. The largest absolute Gasteiger partial charge is 0.144 e. The van der Waals surface area contributed by atoms with Crippen LogP contribution in [0.2, 0.25) is 26.2 Å². The Morgan fingerprint density at radius 2 is 1.65 bits per heavy atom. The predicted octanol–water partition coefficient (Wildman–Crippen LogP) is 3.95. The van der Waals surface area contributed by atoms with Crippen LogP contribution in [-0.4, -0.2) is 16.1 Å². The third-order valence-corrected chi connectivity index (χ3v) is 15.4. The summed E-state index contributed by atoms with van der Waals surface area (Å²) in [5.41, 5.74) is 0. The molecule has 0 spiro atoms. The molecule has 106 valence electrons. The van der Waals surface area contributed by atoms with Gasteiger partial charge in [-0.1, -0.05) is 37.5 Å². The van der Waals surface area contributed by atoms with Gasteiger partial charge in [-0.05, 0) is 34.8 Å². The maximum atomic E-state index is 4.37. The average molecular weight is 335 g/mol. The summed E-state index contributed by atoms with van der Waals surface area (Å²) in [6.45, 7) is 18.7. The number of allylic oxidation sites excluding steroid dienone is 1. The van der Waals surface area contributed by atoms with Crippen LogP contribution in [0.3, 0.4) is 0 Å². The zero-order chi connectivity index (χ0) is 14.9. The van der Waals surface area contributed by atoms with Crippen molar-refractivity contribution in [2.24, 2.45) is 0 Å². The van der Waals surface area contributed by atoms with Crippen LogP contribution in [0, 0.1) is 6.92 Å². The molecule has 0 N–H and O–H groups in total. The fraction of sp³-hybridized carbons (Fsp3) is 0.375. The Hall–Kier alpha value is -0.426. The molecule has 1 aliphatic rings. The van der Waals surface area contributed by atoms with Gasteiger partial charge in [0.05, 0.1) is 8.07 Å². The van der Waals surface area contributed by atoms with Crippen LogP contribution in [0.5, 0.6) is 0 Å². The molecule has 3 heterocycles. The van der Waals surface area contributed by atoms with E-state index in [1.54, 1.807) is 24.6 Å². The number of aryl methyl sites for hydroxylation is 1. The lowest BCUT2D eigenvalue weighted by Gasteiger charge is -2.24. The summed E-state index contributed by atoms with van der Waals surface area (Å²) in [4.78, 5) is 4.58. The van der Waals surface area contributed by atoms with E-state index in [0.29, 0.717) is 0 Å². The number of hydrogen-bond acceptors (Lipinski definition) is 2. The SMILES string of the molecule is C=C(C)[Si]1(C)c2cc(C)sc2-c2sc([Si](C)(C)C)cc21. The van der Waals surface area contributed by atoms with E-state index in [1.807, 2.05) is 11.3 Å². The second-order valence-electron chi connectivity index (χ2n) is 7.11. The van der Waals surface area contributed by atoms with E-state index < -0.39 is 16.1 Å². The molecule has 2 aromatic heterocycles. The molecule has 0 saturated carbocycles. The summed E-state index contributed by atoms with van der Waals surface area (Å²) in [6.07, 6.45) is 0. The Morgan fingerprint density at radius 3 is 2.20 bits per heavy atom. The van der Waals surface area contributed by atoms with Gasteiger partial charge in [0.1, 0.15) is 8.07 Å². The summed E-state index contributed by atoms with van der Waals surface area (Å²) in [6, 6.07) is 4.98. The quantitative estimate of drug-likeness (QED) is 0.730. The van der Waals surface area contributed by atoms with E-state index in [2.05, 4.69) is 70.1 Å². The first-order valence-corrected chi connectivity index (χ1v) is 14.7. The highest BCUT2D eigenvalue weighted by Gasteiger charge is 2.45. The second-order valence-corrected chi connectivity index (χ2v) is 19.0. The topological polar surface area (TPSA) is 0 Å². The molecule has 20 heavy (non-hydrogen) atoms. The smallest absolute Gasteiger partial charge is 0.144 e. The maximum Gasteiger partial charge on any atom is 0.144 e. The minimum atomic E-state index is -1.69. The standard InChI is InChI=1S/C16H22S2Si2/c1-10(2)20(7)12-8-11(3)17-15(12)16-13(20)9-14(18-16)19(4,5)6/h8-9H,1H2,2-7H3. The van der Waals surface area contributed by atoms with Crippen LogP contribution in [0.4, 0.5) is 0 Å².